The third-order valence-electron chi connectivity index (χ3n) is 5.03. The number of hydrogen-bond donors (Lipinski definition) is 1. The van der Waals surface area contributed by atoms with Crippen LogP contribution in [-0.4, -0.2) is 33.7 Å². The molecule has 7 heteroatoms. The van der Waals surface area contributed by atoms with E-state index in [-0.39, 0.29) is 5.56 Å². The van der Waals surface area contributed by atoms with Crippen LogP contribution in [-0.2, 0) is 0 Å². The highest BCUT2D eigenvalue weighted by molar-refractivity contribution is 5.70. The SMILES string of the molecule is COc1ccc(C2CC2COc2nc(C)ncc2-c2cc(=O)[nH]cc2C)nc1. The lowest BCUT2D eigenvalue weighted by molar-refractivity contribution is 0.285. The van der Waals surface area contributed by atoms with E-state index < -0.39 is 0 Å². The van der Waals surface area contributed by atoms with Crippen LogP contribution in [0.3, 0.4) is 0 Å². The maximum atomic E-state index is 11.8. The van der Waals surface area contributed by atoms with Gasteiger partial charge in [0, 0.05) is 36.0 Å². The number of methoxy groups -OCH3 is 1. The molecule has 0 aromatic carbocycles. The number of ether oxygens (including phenoxy) is 2. The summed E-state index contributed by atoms with van der Waals surface area (Å²) < 4.78 is 11.2. The quantitative estimate of drug-likeness (QED) is 0.709. The minimum absolute atomic E-state index is 0.167. The van der Waals surface area contributed by atoms with Gasteiger partial charge in [-0.1, -0.05) is 0 Å². The first-order valence-electron chi connectivity index (χ1n) is 9.21. The van der Waals surface area contributed by atoms with Gasteiger partial charge < -0.3 is 14.5 Å². The molecule has 3 aromatic heterocycles. The van der Waals surface area contributed by atoms with Gasteiger partial charge in [-0.15, -0.1) is 0 Å². The number of nitrogens with zero attached hydrogens (tertiary/aromatic N) is 3. The summed E-state index contributed by atoms with van der Waals surface area (Å²) in [5.41, 5.74) is 3.33. The Bertz CT molecular complexity index is 1050. The molecule has 4 rings (SSSR count). The topological polar surface area (TPSA) is 90.0 Å². The van der Waals surface area contributed by atoms with Crippen LogP contribution in [0.1, 0.15) is 29.4 Å². The van der Waals surface area contributed by atoms with E-state index in [1.54, 1.807) is 31.8 Å². The van der Waals surface area contributed by atoms with Crippen LogP contribution >= 0.6 is 0 Å². The van der Waals surface area contributed by atoms with Gasteiger partial charge in [-0.05, 0) is 43.5 Å². The number of H-pyrrole nitrogens is 1. The minimum Gasteiger partial charge on any atom is -0.495 e. The number of hydrogen-bond acceptors (Lipinski definition) is 6. The third-order valence-corrected chi connectivity index (χ3v) is 5.03. The summed E-state index contributed by atoms with van der Waals surface area (Å²) in [5.74, 6) is 2.68. The maximum Gasteiger partial charge on any atom is 0.248 e. The van der Waals surface area contributed by atoms with Crippen molar-refractivity contribution in [3.8, 4) is 22.8 Å². The molecule has 0 aliphatic heterocycles. The van der Waals surface area contributed by atoms with Gasteiger partial charge in [0.2, 0.25) is 11.4 Å². The predicted molar refractivity (Wildman–Crippen MR) is 105 cm³/mol. The average molecular weight is 378 g/mol. The molecule has 3 aromatic rings. The molecular formula is C21H22N4O3. The van der Waals surface area contributed by atoms with Crippen molar-refractivity contribution in [1.29, 1.82) is 0 Å². The van der Waals surface area contributed by atoms with Crippen LogP contribution in [0.5, 0.6) is 11.6 Å². The van der Waals surface area contributed by atoms with Gasteiger partial charge in [-0.25, -0.2) is 4.98 Å². The van der Waals surface area contributed by atoms with Crippen LogP contribution < -0.4 is 15.0 Å². The summed E-state index contributed by atoms with van der Waals surface area (Å²) in [6, 6.07) is 5.49. The Morgan fingerprint density at radius 1 is 1.18 bits per heavy atom. The fourth-order valence-corrected chi connectivity index (χ4v) is 3.29. The summed E-state index contributed by atoms with van der Waals surface area (Å²) in [6.07, 6.45) is 6.18. The minimum atomic E-state index is -0.167. The first-order valence-corrected chi connectivity index (χ1v) is 9.21. The van der Waals surface area contributed by atoms with Gasteiger partial charge >= 0.3 is 0 Å². The molecule has 2 atom stereocenters. The highest BCUT2D eigenvalue weighted by Crippen LogP contribution is 2.47. The second kappa shape index (κ2) is 7.42. The molecule has 0 spiro atoms. The van der Waals surface area contributed by atoms with Crippen molar-refractivity contribution in [1.82, 2.24) is 19.9 Å². The zero-order valence-corrected chi connectivity index (χ0v) is 16.1. The molecule has 28 heavy (non-hydrogen) atoms. The van der Waals surface area contributed by atoms with Crippen LogP contribution in [0, 0.1) is 19.8 Å². The number of nitrogens with one attached hydrogen (secondary N) is 1. The lowest BCUT2D eigenvalue weighted by Gasteiger charge is -2.12. The summed E-state index contributed by atoms with van der Waals surface area (Å²) in [4.78, 5) is 27.7. The average Bonchev–Trinajstić information content (AvgIpc) is 3.48. The van der Waals surface area contributed by atoms with Crippen molar-refractivity contribution in [3.05, 3.63) is 64.2 Å². The monoisotopic (exact) mass is 378 g/mol. The molecule has 2 unspecified atom stereocenters. The van der Waals surface area contributed by atoms with Crippen molar-refractivity contribution >= 4 is 0 Å². The predicted octanol–water partition coefficient (Wildman–Crippen LogP) is 3.03. The van der Waals surface area contributed by atoms with Gasteiger partial charge in [0.05, 0.1) is 25.5 Å². The number of pyridine rings is 2. The largest absolute Gasteiger partial charge is 0.495 e. The molecule has 1 fully saturated rings. The highest BCUT2D eigenvalue weighted by Gasteiger charge is 2.40. The van der Waals surface area contributed by atoms with E-state index in [0.717, 1.165) is 34.6 Å². The summed E-state index contributed by atoms with van der Waals surface area (Å²) >= 11 is 0. The summed E-state index contributed by atoms with van der Waals surface area (Å²) in [5, 5.41) is 0. The molecule has 1 aliphatic carbocycles. The lowest BCUT2D eigenvalue weighted by atomic mass is 10.1. The van der Waals surface area contributed by atoms with Crippen LogP contribution in [0.15, 0.2) is 41.6 Å². The van der Waals surface area contributed by atoms with Crippen molar-refractivity contribution in [3.63, 3.8) is 0 Å². The van der Waals surface area contributed by atoms with Crippen LogP contribution in [0.2, 0.25) is 0 Å². The third kappa shape index (κ3) is 3.74. The number of aryl methyl sites for hydroxylation is 2. The second-order valence-corrected chi connectivity index (χ2v) is 7.07. The van der Waals surface area contributed by atoms with E-state index >= 15 is 0 Å². The molecule has 144 valence electrons. The number of rotatable bonds is 6. The first kappa shape index (κ1) is 18.2. The zero-order chi connectivity index (χ0) is 19.7. The Balaban J connectivity index is 1.50. The second-order valence-electron chi connectivity index (χ2n) is 7.07. The van der Waals surface area contributed by atoms with Gasteiger partial charge in [-0.3, -0.25) is 9.78 Å². The molecule has 7 nitrogen and oxygen atoms in total. The molecule has 0 amide bonds. The molecule has 1 aliphatic rings. The van der Waals surface area contributed by atoms with E-state index in [0.29, 0.717) is 30.1 Å². The molecule has 1 saturated carbocycles. The van der Waals surface area contributed by atoms with Gasteiger partial charge in [0.25, 0.3) is 0 Å². The molecule has 0 saturated heterocycles. The molecule has 0 bridgehead atoms. The number of aromatic amines is 1. The normalized spacial score (nSPS) is 18.0. The zero-order valence-electron chi connectivity index (χ0n) is 16.1. The lowest BCUT2D eigenvalue weighted by Crippen LogP contribution is -2.08. The van der Waals surface area contributed by atoms with Gasteiger partial charge in [-0.2, -0.15) is 4.98 Å². The van der Waals surface area contributed by atoms with Crippen LogP contribution in [0.4, 0.5) is 0 Å². The standard InChI is InChI=1S/C21H22N4O3/c1-12-8-24-20(26)7-16(12)18-10-22-13(2)25-21(18)28-11-14-6-17(14)19-5-4-15(27-3)9-23-19/h4-5,7-10,14,17H,6,11H2,1-3H3,(H,24,26). The summed E-state index contributed by atoms with van der Waals surface area (Å²) in [7, 11) is 1.63. The first-order chi connectivity index (χ1) is 13.5. The van der Waals surface area contributed by atoms with Crippen LogP contribution in [0.25, 0.3) is 11.1 Å². The molecule has 1 N–H and O–H groups in total. The van der Waals surface area contributed by atoms with E-state index in [4.69, 9.17) is 9.47 Å². The fraction of sp³-hybridized carbons (Fsp3) is 0.333. The highest BCUT2D eigenvalue weighted by atomic mass is 16.5. The van der Waals surface area contributed by atoms with Crippen molar-refractivity contribution in [2.75, 3.05) is 13.7 Å². The van der Waals surface area contributed by atoms with Crippen molar-refractivity contribution in [2.24, 2.45) is 5.92 Å². The van der Waals surface area contributed by atoms with Gasteiger partial charge in [0.15, 0.2) is 0 Å². The van der Waals surface area contributed by atoms with E-state index in [1.165, 1.54) is 0 Å². The molecular weight excluding hydrogens is 356 g/mol. The Hall–Kier alpha value is -3.22. The Kier molecular flexibility index (Phi) is 4.81. The number of aromatic nitrogens is 4. The van der Waals surface area contributed by atoms with E-state index in [9.17, 15) is 4.79 Å². The van der Waals surface area contributed by atoms with E-state index in [2.05, 4.69) is 19.9 Å². The summed E-state index contributed by atoms with van der Waals surface area (Å²) in [6.45, 7) is 4.30. The molecule has 0 radical (unpaired) electrons. The van der Waals surface area contributed by atoms with Crippen molar-refractivity contribution < 1.29 is 9.47 Å². The Morgan fingerprint density at radius 2 is 2.04 bits per heavy atom. The van der Waals surface area contributed by atoms with Gasteiger partial charge in [0.1, 0.15) is 11.6 Å². The Morgan fingerprint density at radius 3 is 2.79 bits per heavy atom. The van der Waals surface area contributed by atoms with E-state index in [1.807, 2.05) is 26.0 Å². The smallest absolute Gasteiger partial charge is 0.248 e. The Labute approximate surface area is 162 Å². The van der Waals surface area contributed by atoms with Crippen molar-refractivity contribution in [2.45, 2.75) is 26.2 Å². The molecule has 3 heterocycles. The fourth-order valence-electron chi connectivity index (χ4n) is 3.29. The maximum absolute atomic E-state index is 11.8.